The van der Waals surface area contributed by atoms with E-state index in [2.05, 4.69) is 26.2 Å². The molecule has 0 atom stereocenters. The van der Waals surface area contributed by atoms with Gasteiger partial charge in [-0.15, -0.1) is 11.3 Å². The molecule has 4 nitrogen and oxygen atoms in total. The Labute approximate surface area is 112 Å². The number of rotatable bonds is 5. The molecule has 90 valence electrons. The fraction of sp³-hybridized carbons (Fsp3) is 0.182. The number of anilines is 2. The first-order chi connectivity index (χ1) is 8.28. The van der Waals surface area contributed by atoms with E-state index in [-0.39, 0.29) is 0 Å². The van der Waals surface area contributed by atoms with Gasteiger partial charge in [0.1, 0.15) is 17.0 Å². The van der Waals surface area contributed by atoms with Gasteiger partial charge in [0.25, 0.3) is 0 Å². The van der Waals surface area contributed by atoms with Crippen LogP contribution in [0, 0.1) is 0 Å². The Morgan fingerprint density at radius 2 is 2.12 bits per heavy atom. The highest BCUT2D eigenvalue weighted by molar-refractivity contribution is 9.10. The average molecular weight is 314 g/mol. The molecule has 0 aliphatic heterocycles. The second kappa shape index (κ2) is 6.00. The summed E-state index contributed by atoms with van der Waals surface area (Å²) in [4.78, 5) is 4.25. The van der Waals surface area contributed by atoms with Crippen LogP contribution in [0.4, 0.5) is 10.8 Å². The molecule has 1 aromatic carbocycles. The molecule has 0 radical (unpaired) electrons. The van der Waals surface area contributed by atoms with Gasteiger partial charge in [-0.1, -0.05) is 0 Å². The van der Waals surface area contributed by atoms with Gasteiger partial charge < -0.3 is 15.8 Å². The second-order valence-electron chi connectivity index (χ2n) is 3.26. The van der Waals surface area contributed by atoms with Crippen molar-refractivity contribution in [2.75, 3.05) is 18.5 Å². The van der Waals surface area contributed by atoms with Crippen LogP contribution in [0.5, 0.6) is 5.75 Å². The number of nitrogens with one attached hydrogen (secondary N) is 1. The molecule has 0 unspecified atom stereocenters. The Hall–Kier alpha value is -1.11. The quantitative estimate of drug-likeness (QED) is 0.891. The third-order valence-electron chi connectivity index (χ3n) is 1.97. The van der Waals surface area contributed by atoms with Crippen LogP contribution in [0.1, 0.15) is 0 Å². The highest BCUT2D eigenvalue weighted by Gasteiger charge is 2.00. The molecular weight excluding hydrogens is 302 g/mol. The van der Waals surface area contributed by atoms with Crippen molar-refractivity contribution < 1.29 is 4.74 Å². The van der Waals surface area contributed by atoms with Crippen LogP contribution in [-0.2, 0) is 0 Å². The van der Waals surface area contributed by atoms with Gasteiger partial charge in [-0.2, -0.15) is 0 Å². The van der Waals surface area contributed by atoms with Gasteiger partial charge >= 0.3 is 0 Å². The van der Waals surface area contributed by atoms with Crippen LogP contribution in [0.25, 0.3) is 0 Å². The van der Waals surface area contributed by atoms with E-state index in [1.807, 2.05) is 29.6 Å². The maximum absolute atomic E-state index is 5.39. The van der Waals surface area contributed by atoms with Gasteiger partial charge in [0.15, 0.2) is 5.13 Å². The molecule has 1 heterocycles. The molecule has 0 fully saturated rings. The molecule has 0 saturated heterocycles. The number of aromatic nitrogens is 1. The van der Waals surface area contributed by atoms with Crippen molar-refractivity contribution in [3.05, 3.63) is 34.2 Å². The zero-order valence-electron chi connectivity index (χ0n) is 9.02. The molecule has 6 heteroatoms. The predicted octanol–water partition coefficient (Wildman–Crippen LogP) is 2.99. The number of benzene rings is 1. The van der Waals surface area contributed by atoms with Crippen molar-refractivity contribution in [3.8, 4) is 5.75 Å². The molecule has 0 saturated carbocycles. The van der Waals surface area contributed by atoms with Crippen molar-refractivity contribution in [3.63, 3.8) is 0 Å². The minimum Gasteiger partial charge on any atom is -0.492 e. The van der Waals surface area contributed by atoms with Crippen LogP contribution in [-0.4, -0.2) is 18.1 Å². The Balaban J connectivity index is 1.98. The van der Waals surface area contributed by atoms with E-state index in [4.69, 9.17) is 10.5 Å². The first-order valence-electron chi connectivity index (χ1n) is 5.09. The van der Waals surface area contributed by atoms with E-state index in [9.17, 15) is 0 Å². The van der Waals surface area contributed by atoms with Gasteiger partial charge in [0.05, 0.1) is 0 Å². The Morgan fingerprint density at radius 3 is 2.71 bits per heavy atom. The summed E-state index contributed by atoms with van der Waals surface area (Å²) in [7, 11) is 0. The first-order valence-corrected chi connectivity index (χ1v) is 6.76. The van der Waals surface area contributed by atoms with Crippen molar-refractivity contribution >= 4 is 38.1 Å². The van der Waals surface area contributed by atoms with E-state index in [0.29, 0.717) is 13.2 Å². The topological polar surface area (TPSA) is 60.2 Å². The standard InChI is InChI=1S/C11H12BrN3OS/c12-10-7-17-11(15-10)14-8-1-3-9(4-2-8)16-6-5-13/h1-4,7H,5-6,13H2,(H,14,15). The molecule has 0 spiro atoms. The lowest BCUT2D eigenvalue weighted by atomic mass is 10.3. The molecular formula is C11H12BrN3OS. The summed E-state index contributed by atoms with van der Waals surface area (Å²) >= 11 is 4.86. The SMILES string of the molecule is NCCOc1ccc(Nc2nc(Br)cs2)cc1. The fourth-order valence-corrected chi connectivity index (χ4v) is 2.41. The third-order valence-corrected chi connectivity index (χ3v) is 3.44. The van der Waals surface area contributed by atoms with Crippen molar-refractivity contribution in [1.29, 1.82) is 0 Å². The van der Waals surface area contributed by atoms with E-state index >= 15 is 0 Å². The van der Waals surface area contributed by atoms with E-state index in [1.165, 1.54) is 0 Å². The summed E-state index contributed by atoms with van der Waals surface area (Å²) in [5.41, 5.74) is 6.34. The van der Waals surface area contributed by atoms with E-state index in [1.54, 1.807) is 11.3 Å². The summed E-state index contributed by atoms with van der Waals surface area (Å²) in [5, 5.41) is 5.99. The molecule has 0 bridgehead atoms. The summed E-state index contributed by atoms with van der Waals surface area (Å²) in [6.45, 7) is 1.05. The molecule has 17 heavy (non-hydrogen) atoms. The number of hydrogen-bond acceptors (Lipinski definition) is 5. The van der Waals surface area contributed by atoms with Gasteiger partial charge in [-0.25, -0.2) is 4.98 Å². The van der Waals surface area contributed by atoms with Crippen molar-refractivity contribution in [1.82, 2.24) is 4.98 Å². The van der Waals surface area contributed by atoms with Gasteiger partial charge in [-0.3, -0.25) is 0 Å². The van der Waals surface area contributed by atoms with Gasteiger partial charge in [-0.05, 0) is 40.2 Å². The van der Waals surface area contributed by atoms with E-state index < -0.39 is 0 Å². The minimum atomic E-state index is 0.521. The third kappa shape index (κ3) is 3.69. The highest BCUT2D eigenvalue weighted by Crippen LogP contribution is 2.24. The smallest absolute Gasteiger partial charge is 0.188 e. The lowest BCUT2D eigenvalue weighted by Crippen LogP contribution is -2.10. The maximum atomic E-state index is 5.39. The monoisotopic (exact) mass is 313 g/mol. The molecule has 0 aliphatic rings. The Bertz CT molecular complexity index is 472. The zero-order valence-corrected chi connectivity index (χ0v) is 11.4. The number of ether oxygens (including phenoxy) is 1. The summed E-state index contributed by atoms with van der Waals surface area (Å²) in [6.07, 6.45) is 0. The number of hydrogen-bond donors (Lipinski definition) is 2. The van der Waals surface area contributed by atoms with Gasteiger partial charge in [0, 0.05) is 17.6 Å². The first kappa shape index (κ1) is 12.3. The van der Waals surface area contributed by atoms with Gasteiger partial charge in [0.2, 0.25) is 0 Å². The fourth-order valence-electron chi connectivity index (χ4n) is 1.25. The second-order valence-corrected chi connectivity index (χ2v) is 4.93. The van der Waals surface area contributed by atoms with Crippen molar-refractivity contribution in [2.45, 2.75) is 0 Å². The van der Waals surface area contributed by atoms with Crippen molar-refractivity contribution in [2.24, 2.45) is 5.73 Å². The Kier molecular flexibility index (Phi) is 4.36. The van der Waals surface area contributed by atoms with Crippen LogP contribution >= 0.6 is 27.3 Å². The van der Waals surface area contributed by atoms with Crippen LogP contribution in [0.15, 0.2) is 34.2 Å². The average Bonchev–Trinajstić information content (AvgIpc) is 2.74. The largest absolute Gasteiger partial charge is 0.492 e. The Morgan fingerprint density at radius 1 is 1.35 bits per heavy atom. The van der Waals surface area contributed by atoms with Crippen LogP contribution < -0.4 is 15.8 Å². The summed E-state index contributed by atoms with van der Waals surface area (Å²) < 4.78 is 6.23. The summed E-state index contributed by atoms with van der Waals surface area (Å²) in [5.74, 6) is 0.821. The zero-order chi connectivity index (χ0) is 12.1. The number of nitrogens with two attached hydrogens (primary N) is 1. The van der Waals surface area contributed by atoms with Crippen LogP contribution in [0.3, 0.4) is 0 Å². The minimum absolute atomic E-state index is 0.521. The van der Waals surface area contributed by atoms with Crippen LogP contribution in [0.2, 0.25) is 0 Å². The summed E-state index contributed by atoms with van der Waals surface area (Å²) in [6, 6.07) is 7.70. The molecule has 0 aliphatic carbocycles. The normalized spacial score (nSPS) is 10.2. The number of thiazole rings is 1. The highest BCUT2D eigenvalue weighted by atomic mass is 79.9. The molecule has 0 amide bonds. The number of halogens is 1. The number of nitrogens with zero attached hydrogens (tertiary/aromatic N) is 1. The lowest BCUT2D eigenvalue weighted by molar-refractivity contribution is 0.328. The van der Waals surface area contributed by atoms with E-state index in [0.717, 1.165) is 21.2 Å². The lowest BCUT2D eigenvalue weighted by Gasteiger charge is -2.06. The molecule has 2 rings (SSSR count). The molecule has 2 aromatic rings. The predicted molar refractivity (Wildman–Crippen MR) is 74.1 cm³/mol. The molecule has 3 N–H and O–H groups in total. The molecule has 1 aromatic heterocycles. The maximum Gasteiger partial charge on any atom is 0.188 e.